The number of nitrogens with zero attached hydrogens (tertiary/aromatic N) is 2. The highest BCUT2D eigenvalue weighted by atomic mass is 19.4. The molecule has 0 saturated heterocycles. The van der Waals surface area contributed by atoms with Crippen LogP contribution in [-0.2, 0) is 0 Å². The number of rotatable bonds is 4. The number of hydrogen-bond acceptors (Lipinski definition) is 5. The molecule has 0 aliphatic rings. The summed E-state index contributed by atoms with van der Waals surface area (Å²) in [5.74, 6) is -0.00454. The van der Waals surface area contributed by atoms with E-state index >= 15 is 0 Å². The molecule has 0 aliphatic carbocycles. The zero-order chi connectivity index (χ0) is 14.6. The summed E-state index contributed by atoms with van der Waals surface area (Å²) in [6.45, 7) is 0. The highest BCUT2D eigenvalue weighted by Gasteiger charge is 2.31. The summed E-state index contributed by atoms with van der Waals surface area (Å²) >= 11 is 0. The number of carbonyl (C=O) groups excluding carboxylic acids is 1. The topological polar surface area (TPSA) is 64.1 Å². The highest BCUT2D eigenvalue weighted by molar-refractivity contribution is 5.73. The number of carbonyl (C=O) groups is 1. The molecule has 0 saturated carbocycles. The van der Waals surface area contributed by atoms with Gasteiger partial charge in [-0.25, -0.2) is 9.97 Å². The first kappa shape index (κ1) is 13.8. The summed E-state index contributed by atoms with van der Waals surface area (Å²) in [5, 5.41) is 2.68. The molecule has 0 bridgehead atoms. The quantitative estimate of drug-likeness (QED) is 0.874. The molecule has 0 spiro atoms. The Bertz CT molecular complexity index is 617. The number of hydrogen-bond donors (Lipinski definition) is 1. The van der Waals surface area contributed by atoms with Crippen LogP contribution in [0.5, 0.6) is 5.75 Å². The highest BCUT2D eigenvalue weighted by Crippen LogP contribution is 2.24. The fraction of sp³-hybridized carbons (Fsp3) is 0.0833. The molecule has 0 atom stereocenters. The molecule has 2 aromatic heterocycles. The molecule has 0 amide bonds. The predicted molar refractivity (Wildman–Crippen MR) is 63.8 cm³/mol. The minimum atomic E-state index is -4.77. The molecule has 2 heterocycles. The summed E-state index contributed by atoms with van der Waals surface area (Å²) < 4.78 is 40.0. The molecule has 0 aromatic carbocycles. The van der Waals surface area contributed by atoms with Gasteiger partial charge in [0.2, 0.25) is 0 Å². The first-order chi connectivity index (χ1) is 9.46. The van der Waals surface area contributed by atoms with E-state index in [0.29, 0.717) is 6.29 Å². The maximum Gasteiger partial charge on any atom is 0.573 e. The van der Waals surface area contributed by atoms with Gasteiger partial charge in [-0.2, -0.15) is 0 Å². The molecule has 0 unspecified atom stereocenters. The van der Waals surface area contributed by atoms with Crippen LogP contribution >= 0.6 is 0 Å². The summed E-state index contributed by atoms with van der Waals surface area (Å²) in [5.41, 5.74) is 0.192. The van der Waals surface area contributed by atoms with Crippen molar-refractivity contribution in [2.24, 2.45) is 0 Å². The number of nitrogens with one attached hydrogen (secondary N) is 1. The smallest absolute Gasteiger partial charge is 0.406 e. The van der Waals surface area contributed by atoms with Crippen LogP contribution in [0, 0.1) is 0 Å². The van der Waals surface area contributed by atoms with E-state index in [4.69, 9.17) is 0 Å². The van der Waals surface area contributed by atoms with Crippen molar-refractivity contribution in [3.63, 3.8) is 0 Å². The zero-order valence-corrected chi connectivity index (χ0v) is 9.89. The van der Waals surface area contributed by atoms with E-state index in [1.165, 1.54) is 6.07 Å². The molecule has 104 valence electrons. The van der Waals surface area contributed by atoms with Crippen molar-refractivity contribution in [2.45, 2.75) is 6.36 Å². The number of anilines is 2. The molecule has 5 nitrogen and oxygen atoms in total. The monoisotopic (exact) mass is 283 g/mol. The van der Waals surface area contributed by atoms with E-state index in [0.717, 1.165) is 18.3 Å². The Morgan fingerprint density at radius 1 is 1.20 bits per heavy atom. The fourth-order valence-electron chi connectivity index (χ4n) is 1.39. The van der Waals surface area contributed by atoms with Crippen LogP contribution in [0.2, 0.25) is 0 Å². The van der Waals surface area contributed by atoms with Crippen LogP contribution in [0.25, 0.3) is 0 Å². The molecule has 8 heteroatoms. The number of aromatic nitrogens is 2. The van der Waals surface area contributed by atoms with Gasteiger partial charge in [-0.05, 0) is 18.2 Å². The SMILES string of the molecule is O=Cc1cccc(Nc2cc(OC(F)(F)F)ccn2)n1. The molecule has 1 N–H and O–H groups in total. The second kappa shape index (κ2) is 5.55. The van der Waals surface area contributed by atoms with Crippen LogP contribution in [0.15, 0.2) is 36.5 Å². The number of aldehydes is 1. The Labute approximate surface area is 111 Å². The van der Waals surface area contributed by atoms with E-state index in [2.05, 4.69) is 20.0 Å². The van der Waals surface area contributed by atoms with E-state index in [1.807, 2.05) is 0 Å². The van der Waals surface area contributed by atoms with Gasteiger partial charge in [0.05, 0.1) is 0 Å². The molecule has 0 radical (unpaired) electrons. The third-order valence-electron chi connectivity index (χ3n) is 2.11. The van der Waals surface area contributed by atoms with Gasteiger partial charge in [0.25, 0.3) is 0 Å². The number of pyridine rings is 2. The van der Waals surface area contributed by atoms with Gasteiger partial charge in [-0.3, -0.25) is 4.79 Å². The van der Waals surface area contributed by atoms with Crippen molar-refractivity contribution in [2.75, 3.05) is 5.32 Å². The van der Waals surface area contributed by atoms with Crippen molar-refractivity contribution in [1.29, 1.82) is 0 Å². The number of halogens is 3. The predicted octanol–water partition coefficient (Wildman–Crippen LogP) is 2.93. The maximum atomic E-state index is 12.1. The van der Waals surface area contributed by atoms with Crippen molar-refractivity contribution < 1.29 is 22.7 Å². The second-order valence-electron chi connectivity index (χ2n) is 3.62. The van der Waals surface area contributed by atoms with Crippen LogP contribution < -0.4 is 10.1 Å². The minimum Gasteiger partial charge on any atom is -0.406 e. The van der Waals surface area contributed by atoms with Crippen LogP contribution in [-0.4, -0.2) is 22.6 Å². The average Bonchev–Trinajstić information content (AvgIpc) is 2.37. The Kier molecular flexibility index (Phi) is 3.83. The molecular formula is C12H8F3N3O2. The van der Waals surface area contributed by atoms with Crippen molar-refractivity contribution >= 4 is 17.9 Å². The molecule has 2 aromatic rings. The largest absolute Gasteiger partial charge is 0.573 e. The first-order valence-corrected chi connectivity index (χ1v) is 5.37. The zero-order valence-electron chi connectivity index (χ0n) is 9.89. The van der Waals surface area contributed by atoms with E-state index in [9.17, 15) is 18.0 Å². The lowest BCUT2D eigenvalue weighted by atomic mass is 10.3. The lowest BCUT2D eigenvalue weighted by Crippen LogP contribution is -2.17. The molecular weight excluding hydrogens is 275 g/mol. The van der Waals surface area contributed by atoms with Crippen molar-refractivity contribution in [3.8, 4) is 5.75 Å². The summed E-state index contributed by atoms with van der Waals surface area (Å²) in [4.78, 5) is 18.3. The third-order valence-corrected chi connectivity index (χ3v) is 2.11. The Balaban J connectivity index is 2.17. The Morgan fingerprint density at radius 2 is 2.00 bits per heavy atom. The van der Waals surface area contributed by atoms with E-state index < -0.39 is 12.1 Å². The second-order valence-corrected chi connectivity index (χ2v) is 3.62. The summed E-state index contributed by atoms with van der Waals surface area (Å²) in [7, 11) is 0. The number of ether oxygens (including phenoxy) is 1. The van der Waals surface area contributed by atoms with Gasteiger partial charge in [0, 0.05) is 12.3 Å². The number of alkyl halides is 3. The van der Waals surface area contributed by atoms with Crippen LogP contribution in [0.1, 0.15) is 10.5 Å². The van der Waals surface area contributed by atoms with Gasteiger partial charge in [0.1, 0.15) is 23.1 Å². The molecule has 20 heavy (non-hydrogen) atoms. The molecule has 0 fully saturated rings. The van der Waals surface area contributed by atoms with Gasteiger partial charge < -0.3 is 10.1 Å². The maximum absolute atomic E-state index is 12.1. The Hall–Kier alpha value is -2.64. The van der Waals surface area contributed by atoms with Crippen LogP contribution in [0.3, 0.4) is 0 Å². The summed E-state index contributed by atoms with van der Waals surface area (Å²) in [6.07, 6.45) is -3.05. The Morgan fingerprint density at radius 3 is 2.70 bits per heavy atom. The lowest BCUT2D eigenvalue weighted by Gasteiger charge is -2.10. The van der Waals surface area contributed by atoms with Crippen molar-refractivity contribution in [3.05, 3.63) is 42.2 Å². The summed E-state index contributed by atoms with van der Waals surface area (Å²) in [6, 6.07) is 6.77. The molecule has 2 rings (SSSR count). The van der Waals surface area contributed by atoms with E-state index in [-0.39, 0.29) is 17.3 Å². The third kappa shape index (κ3) is 3.94. The average molecular weight is 283 g/mol. The van der Waals surface area contributed by atoms with Crippen LogP contribution in [0.4, 0.5) is 24.8 Å². The van der Waals surface area contributed by atoms with Gasteiger partial charge in [-0.1, -0.05) is 6.07 Å². The van der Waals surface area contributed by atoms with Gasteiger partial charge >= 0.3 is 6.36 Å². The van der Waals surface area contributed by atoms with Crippen molar-refractivity contribution in [1.82, 2.24) is 9.97 Å². The first-order valence-electron chi connectivity index (χ1n) is 5.37. The fourth-order valence-corrected chi connectivity index (χ4v) is 1.39. The minimum absolute atomic E-state index is 0.113. The van der Waals surface area contributed by atoms with Gasteiger partial charge in [0.15, 0.2) is 6.29 Å². The normalized spacial score (nSPS) is 10.9. The lowest BCUT2D eigenvalue weighted by molar-refractivity contribution is -0.274. The standard InChI is InChI=1S/C12H8F3N3O2/c13-12(14,15)20-9-4-5-16-11(6-9)18-10-3-1-2-8(7-19)17-10/h1-7H,(H,16,17,18). The van der Waals surface area contributed by atoms with Gasteiger partial charge in [-0.15, -0.1) is 13.2 Å². The van der Waals surface area contributed by atoms with E-state index in [1.54, 1.807) is 12.1 Å². The molecule has 0 aliphatic heterocycles.